The fourth-order valence-electron chi connectivity index (χ4n) is 3.28. The van der Waals surface area contributed by atoms with Crippen LogP contribution in [-0.4, -0.2) is 40.0 Å². The van der Waals surface area contributed by atoms with Gasteiger partial charge in [0, 0.05) is 36.3 Å². The van der Waals surface area contributed by atoms with Gasteiger partial charge < -0.3 is 20.1 Å². The molecule has 2 aliphatic heterocycles. The third-order valence-corrected chi connectivity index (χ3v) is 6.23. The van der Waals surface area contributed by atoms with Gasteiger partial charge in [-0.3, -0.25) is 14.3 Å². The van der Waals surface area contributed by atoms with Crippen molar-refractivity contribution in [2.75, 3.05) is 29.8 Å². The highest BCUT2D eigenvalue weighted by Crippen LogP contribution is 2.32. The predicted molar refractivity (Wildman–Crippen MR) is 109 cm³/mol. The van der Waals surface area contributed by atoms with Crippen LogP contribution in [-0.2, 0) is 19.6 Å². The first-order valence-electron chi connectivity index (χ1n) is 9.51. The molecule has 1 saturated heterocycles. The SMILES string of the molecule is O=C1C[C@H](C(=O)Nc2ccc(NS(=O)(=O)c3ccc4c(c3)OCCO4)cc2)CCN1. The molecule has 2 aromatic carbocycles. The van der Waals surface area contributed by atoms with Gasteiger partial charge in [0.2, 0.25) is 11.8 Å². The van der Waals surface area contributed by atoms with Crippen molar-refractivity contribution in [3.63, 3.8) is 0 Å². The highest BCUT2D eigenvalue weighted by molar-refractivity contribution is 7.92. The smallest absolute Gasteiger partial charge is 0.262 e. The molecule has 2 amide bonds. The maximum absolute atomic E-state index is 12.7. The number of carbonyl (C=O) groups excluding carboxylic acids is 2. The largest absolute Gasteiger partial charge is 0.486 e. The molecule has 158 valence electrons. The Bertz CT molecular complexity index is 1070. The molecule has 2 aromatic rings. The van der Waals surface area contributed by atoms with Crippen LogP contribution in [0.5, 0.6) is 11.5 Å². The summed E-state index contributed by atoms with van der Waals surface area (Å²) in [6.07, 6.45) is 0.754. The minimum atomic E-state index is -3.82. The summed E-state index contributed by atoms with van der Waals surface area (Å²) in [4.78, 5) is 23.8. The number of sulfonamides is 1. The first kappa shape index (κ1) is 20.0. The third-order valence-electron chi connectivity index (χ3n) is 4.85. The third kappa shape index (κ3) is 4.48. The van der Waals surface area contributed by atoms with E-state index in [1.165, 1.54) is 12.1 Å². The average Bonchev–Trinajstić information content (AvgIpc) is 2.74. The van der Waals surface area contributed by atoms with Crippen molar-refractivity contribution in [2.45, 2.75) is 17.7 Å². The number of fused-ring (bicyclic) bond motifs is 1. The molecule has 0 radical (unpaired) electrons. The number of nitrogens with one attached hydrogen (secondary N) is 3. The van der Waals surface area contributed by atoms with Crippen molar-refractivity contribution in [1.82, 2.24) is 5.32 Å². The van der Waals surface area contributed by atoms with E-state index in [-0.39, 0.29) is 29.0 Å². The maximum atomic E-state index is 12.7. The number of hydrogen-bond acceptors (Lipinski definition) is 6. The molecule has 1 fully saturated rings. The Balaban J connectivity index is 1.41. The van der Waals surface area contributed by atoms with Gasteiger partial charge in [-0.2, -0.15) is 0 Å². The van der Waals surface area contributed by atoms with E-state index in [2.05, 4.69) is 15.4 Å². The molecule has 1 atom stereocenters. The molecular weight excluding hydrogens is 410 g/mol. The van der Waals surface area contributed by atoms with Crippen molar-refractivity contribution in [3.8, 4) is 11.5 Å². The maximum Gasteiger partial charge on any atom is 0.262 e. The summed E-state index contributed by atoms with van der Waals surface area (Å²) in [5.41, 5.74) is 0.869. The Morgan fingerprint density at radius 1 is 1.00 bits per heavy atom. The van der Waals surface area contributed by atoms with Crippen LogP contribution in [0.1, 0.15) is 12.8 Å². The van der Waals surface area contributed by atoms with E-state index in [1.54, 1.807) is 30.3 Å². The minimum Gasteiger partial charge on any atom is -0.486 e. The predicted octanol–water partition coefficient (Wildman–Crippen LogP) is 1.72. The first-order chi connectivity index (χ1) is 14.4. The van der Waals surface area contributed by atoms with Crippen LogP contribution in [0.25, 0.3) is 0 Å². The zero-order valence-electron chi connectivity index (χ0n) is 16.0. The first-order valence-corrected chi connectivity index (χ1v) is 11.0. The van der Waals surface area contributed by atoms with Crippen molar-refractivity contribution in [3.05, 3.63) is 42.5 Å². The van der Waals surface area contributed by atoms with E-state index < -0.39 is 10.0 Å². The molecular formula is C20H21N3O6S. The summed E-state index contributed by atoms with van der Waals surface area (Å²) in [5.74, 6) is 0.168. The number of piperidine rings is 1. The van der Waals surface area contributed by atoms with Gasteiger partial charge in [-0.15, -0.1) is 0 Å². The minimum absolute atomic E-state index is 0.0553. The van der Waals surface area contributed by atoms with Gasteiger partial charge in [0.15, 0.2) is 11.5 Å². The molecule has 3 N–H and O–H groups in total. The number of anilines is 2. The molecule has 0 aromatic heterocycles. The van der Waals surface area contributed by atoms with Gasteiger partial charge in [0.25, 0.3) is 10.0 Å². The molecule has 0 bridgehead atoms. The Morgan fingerprint density at radius 2 is 1.70 bits per heavy atom. The van der Waals surface area contributed by atoms with Gasteiger partial charge in [-0.1, -0.05) is 0 Å². The van der Waals surface area contributed by atoms with Crippen LogP contribution in [0, 0.1) is 5.92 Å². The summed E-state index contributed by atoms with van der Waals surface area (Å²) in [6.45, 7) is 1.27. The lowest BCUT2D eigenvalue weighted by Gasteiger charge is -2.21. The molecule has 0 spiro atoms. The number of amides is 2. The van der Waals surface area contributed by atoms with Crippen LogP contribution < -0.4 is 24.8 Å². The van der Waals surface area contributed by atoms with E-state index >= 15 is 0 Å². The Kier molecular flexibility index (Phi) is 5.49. The summed E-state index contributed by atoms with van der Waals surface area (Å²) in [5, 5.41) is 5.45. The molecule has 2 aliphatic rings. The lowest BCUT2D eigenvalue weighted by Crippen LogP contribution is -2.38. The molecule has 4 rings (SSSR count). The van der Waals surface area contributed by atoms with Gasteiger partial charge in [0.05, 0.1) is 4.90 Å². The lowest BCUT2D eigenvalue weighted by molar-refractivity contribution is -0.129. The molecule has 2 heterocycles. The Morgan fingerprint density at radius 3 is 2.43 bits per heavy atom. The summed E-state index contributed by atoms with van der Waals surface area (Å²) < 4.78 is 38.7. The van der Waals surface area contributed by atoms with Crippen LogP contribution in [0.2, 0.25) is 0 Å². The topological polar surface area (TPSA) is 123 Å². The molecule has 0 aliphatic carbocycles. The second kappa shape index (κ2) is 8.23. The number of rotatable bonds is 5. The zero-order valence-corrected chi connectivity index (χ0v) is 16.8. The normalized spacial score (nSPS) is 18.3. The van der Waals surface area contributed by atoms with Crippen molar-refractivity contribution >= 4 is 33.2 Å². The second-order valence-electron chi connectivity index (χ2n) is 7.02. The van der Waals surface area contributed by atoms with Gasteiger partial charge in [-0.25, -0.2) is 8.42 Å². The highest BCUT2D eigenvalue weighted by Gasteiger charge is 2.25. The van der Waals surface area contributed by atoms with Crippen molar-refractivity contribution in [2.24, 2.45) is 5.92 Å². The number of ether oxygens (including phenoxy) is 2. The monoisotopic (exact) mass is 431 g/mol. The summed E-state index contributed by atoms with van der Waals surface area (Å²) >= 11 is 0. The van der Waals surface area contributed by atoms with Crippen LogP contribution in [0.15, 0.2) is 47.4 Å². The van der Waals surface area contributed by atoms with E-state index in [0.717, 1.165) is 0 Å². The quantitative estimate of drug-likeness (QED) is 0.663. The fraction of sp³-hybridized carbons (Fsp3) is 0.300. The van der Waals surface area contributed by atoms with Crippen molar-refractivity contribution in [1.29, 1.82) is 0 Å². The average molecular weight is 431 g/mol. The molecule has 10 heteroatoms. The van der Waals surface area contributed by atoms with Crippen LogP contribution in [0.3, 0.4) is 0 Å². The highest BCUT2D eigenvalue weighted by atomic mass is 32.2. The van der Waals surface area contributed by atoms with E-state index in [1.807, 2.05) is 0 Å². The van der Waals surface area contributed by atoms with E-state index in [4.69, 9.17) is 9.47 Å². The standard InChI is InChI=1S/C20H21N3O6S/c24-19-11-13(7-8-21-19)20(25)22-14-1-3-15(4-2-14)23-30(26,27)16-5-6-17-18(12-16)29-10-9-28-17/h1-6,12-13,23H,7-11H2,(H,21,24)(H,22,25)/t13-/m1/s1. The fourth-order valence-corrected chi connectivity index (χ4v) is 4.35. The van der Waals surface area contributed by atoms with Gasteiger partial charge in [-0.05, 0) is 42.8 Å². The second-order valence-corrected chi connectivity index (χ2v) is 8.70. The number of carbonyl (C=O) groups is 2. The van der Waals surface area contributed by atoms with Gasteiger partial charge >= 0.3 is 0 Å². The zero-order chi connectivity index (χ0) is 21.1. The Hall–Kier alpha value is -3.27. The molecule has 30 heavy (non-hydrogen) atoms. The molecule has 9 nitrogen and oxygen atoms in total. The van der Waals surface area contributed by atoms with Crippen LogP contribution >= 0.6 is 0 Å². The Labute approximate surface area is 173 Å². The van der Waals surface area contributed by atoms with E-state index in [9.17, 15) is 18.0 Å². The van der Waals surface area contributed by atoms with Gasteiger partial charge in [0.1, 0.15) is 13.2 Å². The van der Waals surface area contributed by atoms with E-state index in [0.29, 0.717) is 49.1 Å². The summed E-state index contributed by atoms with van der Waals surface area (Å²) in [7, 11) is -3.82. The number of hydrogen-bond donors (Lipinski definition) is 3. The molecule has 0 saturated carbocycles. The molecule has 0 unspecified atom stereocenters. The number of benzene rings is 2. The summed E-state index contributed by atoms with van der Waals surface area (Å²) in [6, 6.07) is 10.7. The van der Waals surface area contributed by atoms with Crippen molar-refractivity contribution < 1.29 is 27.5 Å². The van der Waals surface area contributed by atoms with Crippen LogP contribution in [0.4, 0.5) is 11.4 Å². The lowest BCUT2D eigenvalue weighted by atomic mass is 9.96.